The molecule has 2 atom stereocenters. The smallest absolute Gasteiger partial charge is 0.0980 e. The zero-order valence-electron chi connectivity index (χ0n) is 13.6. The maximum Gasteiger partial charge on any atom is 0.0980 e. The third-order valence-electron chi connectivity index (χ3n) is 5.45. The Labute approximate surface area is 137 Å². The van der Waals surface area contributed by atoms with Gasteiger partial charge in [0.2, 0.25) is 0 Å². The van der Waals surface area contributed by atoms with E-state index in [0.717, 1.165) is 43.6 Å². The van der Waals surface area contributed by atoms with Gasteiger partial charge in [-0.05, 0) is 38.8 Å². The van der Waals surface area contributed by atoms with Crippen LogP contribution in [0.3, 0.4) is 0 Å². The van der Waals surface area contributed by atoms with Crippen LogP contribution in [0.1, 0.15) is 32.1 Å². The highest BCUT2D eigenvalue weighted by Crippen LogP contribution is 2.35. The van der Waals surface area contributed by atoms with E-state index in [2.05, 4.69) is 32.8 Å². The van der Waals surface area contributed by atoms with Crippen molar-refractivity contribution in [1.29, 1.82) is 0 Å². The monoisotopic (exact) mass is 311 g/mol. The lowest BCUT2D eigenvalue weighted by Crippen LogP contribution is -2.60. The summed E-state index contributed by atoms with van der Waals surface area (Å²) >= 11 is 0. The number of rotatable bonds is 3. The third-order valence-corrected chi connectivity index (χ3v) is 5.45. The van der Waals surface area contributed by atoms with Gasteiger partial charge in [-0.15, -0.1) is 0 Å². The maximum absolute atomic E-state index is 11.3. The maximum atomic E-state index is 11.3. The van der Waals surface area contributed by atoms with Crippen molar-refractivity contribution in [2.75, 3.05) is 13.1 Å². The van der Waals surface area contributed by atoms with Crippen molar-refractivity contribution in [2.45, 2.75) is 50.3 Å². The molecule has 4 rings (SSSR count). The van der Waals surface area contributed by atoms with Crippen LogP contribution >= 0.6 is 0 Å². The second kappa shape index (κ2) is 6.10. The summed E-state index contributed by atoms with van der Waals surface area (Å²) < 4.78 is 2.07. The van der Waals surface area contributed by atoms with Crippen LogP contribution in [0, 0.1) is 0 Å². The molecule has 2 saturated heterocycles. The molecule has 0 radical (unpaired) electrons. The first-order valence-electron chi connectivity index (χ1n) is 8.78. The quantitative estimate of drug-likeness (QED) is 0.947. The predicted octanol–water partition coefficient (Wildman–Crippen LogP) is 2.93. The summed E-state index contributed by atoms with van der Waals surface area (Å²) in [6.07, 6.45) is 9.55. The second-order valence-electron chi connectivity index (χ2n) is 7.05. The molecule has 4 heteroatoms. The van der Waals surface area contributed by atoms with Crippen molar-refractivity contribution >= 4 is 0 Å². The fourth-order valence-electron chi connectivity index (χ4n) is 4.33. The number of aliphatic hydroxyl groups is 1. The first-order chi connectivity index (χ1) is 11.2. The first-order valence-corrected chi connectivity index (χ1v) is 8.78. The van der Waals surface area contributed by atoms with Gasteiger partial charge in [-0.1, -0.05) is 36.8 Å². The highest BCUT2D eigenvalue weighted by molar-refractivity contribution is 5.57. The lowest BCUT2D eigenvalue weighted by molar-refractivity contribution is -0.103. The van der Waals surface area contributed by atoms with Crippen molar-refractivity contribution < 1.29 is 5.11 Å². The van der Waals surface area contributed by atoms with Crippen molar-refractivity contribution in [3.05, 3.63) is 42.9 Å². The fraction of sp³-hybridized carbons (Fsp3) is 0.526. The summed E-state index contributed by atoms with van der Waals surface area (Å²) in [6.45, 7) is 2.94. The molecule has 4 nitrogen and oxygen atoms in total. The molecule has 0 bridgehead atoms. The van der Waals surface area contributed by atoms with Crippen molar-refractivity contribution in [3.8, 4) is 11.3 Å². The normalized spacial score (nSPS) is 28.5. The van der Waals surface area contributed by atoms with Gasteiger partial charge < -0.3 is 9.67 Å². The largest absolute Gasteiger partial charge is 0.386 e. The third kappa shape index (κ3) is 2.93. The topological polar surface area (TPSA) is 41.3 Å². The van der Waals surface area contributed by atoms with Crippen LogP contribution in [0.15, 0.2) is 42.9 Å². The molecule has 0 amide bonds. The van der Waals surface area contributed by atoms with Crippen LogP contribution in [0.2, 0.25) is 0 Å². The summed E-state index contributed by atoms with van der Waals surface area (Å²) in [6, 6.07) is 10.5. The van der Waals surface area contributed by atoms with Gasteiger partial charge in [0.25, 0.3) is 0 Å². The molecule has 23 heavy (non-hydrogen) atoms. The lowest BCUT2D eigenvalue weighted by Gasteiger charge is -2.49. The molecule has 0 aliphatic carbocycles. The number of benzene rings is 1. The summed E-state index contributed by atoms with van der Waals surface area (Å²) in [5.74, 6) is 0. The molecule has 1 aromatic heterocycles. The minimum Gasteiger partial charge on any atom is -0.386 e. The fourth-order valence-corrected chi connectivity index (χ4v) is 4.33. The minimum atomic E-state index is -0.618. The highest BCUT2D eigenvalue weighted by Gasteiger charge is 2.44. The number of nitrogens with zero attached hydrogens (tertiary/aromatic N) is 3. The van der Waals surface area contributed by atoms with E-state index in [-0.39, 0.29) is 0 Å². The molecule has 0 saturated carbocycles. The number of hydrogen-bond acceptors (Lipinski definition) is 3. The van der Waals surface area contributed by atoms with Gasteiger partial charge in [0.05, 0.1) is 24.2 Å². The number of fused-ring (bicyclic) bond motifs is 1. The molecule has 1 aromatic carbocycles. The molecular weight excluding hydrogens is 286 g/mol. The summed E-state index contributed by atoms with van der Waals surface area (Å²) in [5.41, 5.74) is 1.49. The Bertz CT molecular complexity index is 652. The van der Waals surface area contributed by atoms with Crippen LogP contribution in [0.4, 0.5) is 0 Å². The zero-order chi connectivity index (χ0) is 15.7. The van der Waals surface area contributed by atoms with E-state index in [9.17, 15) is 5.11 Å². The van der Waals surface area contributed by atoms with Crippen molar-refractivity contribution in [1.82, 2.24) is 14.5 Å². The van der Waals surface area contributed by atoms with E-state index >= 15 is 0 Å². The molecular formula is C19H25N3O. The van der Waals surface area contributed by atoms with E-state index in [1.807, 2.05) is 24.5 Å². The van der Waals surface area contributed by atoms with Crippen LogP contribution in [0.25, 0.3) is 11.3 Å². The standard InChI is InChI=1S/C19H25N3O/c23-19(10-6-12-22-11-5-4-9-18(19)22)14-21-13-17(20-15-21)16-7-2-1-3-8-16/h1-3,7-8,13,15,18,23H,4-6,9-12,14H2/t18-,19-/m1/s1. The van der Waals surface area contributed by atoms with Crippen LogP contribution in [0.5, 0.6) is 0 Å². The average molecular weight is 311 g/mol. The van der Waals surface area contributed by atoms with Gasteiger partial charge in [-0.25, -0.2) is 4.98 Å². The van der Waals surface area contributed by atoms with Gasteiger partial charge in [0, 0.05) is 17.8 Å². The average Bonchev–Trinajstić information content (AvgIpc) is 3.04. The van der Waals surface area contributed by atoms with Gasteiger partial charge >= 0.3 is 0 Å². The Kier molecular flexibility index (Phi) is 3.95. The molecule has 3 heterocycles. The van der Waals surface area contributed by atoms with Crippen LogP contribution in [-0.2, 0) is 6.54 Å². The molecule has 122 valence electrons. The molecule has 0 spiro atoms. The summed E-state index contributed by atoms with van der Waals surface area (Å²) in [7, 11) is 0. The van der Waals surface area contributed by atoms with Gasteiger partial charge in [-0.2, -0.15) is 0 Å². The Balaban J connectivity index is 1.54. The van der Waals surface area contributed by atoms with E-state index in [4.69, 9.17) is 0 Å². The SMILES string of the molecule is O[C@@]1(Cn2cnc(-c3ccccc3)c2)CCCN2CCCC[C@@H]21. The summed E-state index contributed by atoms with van der Waals surface area (Å²) in [5, 5.41) is 11.3. The van der Waals surface area contributed by atoms with E-state index in [0.29, 0.717) is 12.6 Å². The van der Waals surface area contributed by atoms with Crippen LogP contribution in [-0.4, -0.2) is 44.3 Å². The Morgan fingerprint density at radius 1 is 1.13 bits per heavy atom. The predicted molar refractivity (Wildman–Crippen MR) is 91.1 cm³/mol. The highest BCUT2D eigenvalue weighted by atomic mass is 16.3. The Morgan fingerprint density at radius 2 is 1.96 bits per heavy atom. The van der Waals surface area contributed by atoms with Crippen molar-refractivity contribution in [2.24, 2.45) is 0 Å². The minimum absolute atomic E-state index is 0.313. The molecule has 2 fully saturated rings. The Morgan fingerprint density at radius 3 is 2.83 bits per heavy atom. The molecule has 2 aromatic rings. The van der Waals surface area contributed by atoms with E-state index in [1.54, 1.807) is 0 Å². The van der Waals surface area contributed by atoms with Gasteiger partial charge in [-0.3, -0.25) is 4.90 Å². The van der Waals surface area contributed by atoms with Crippen molar-refractivity contribution in [3.63, 3.8) is 0 Å². The number of piperidine rings is 2. The zero-order valence-corrected chi connectivity index (χ0v) is 13.6. The van der Waals surface area contributed by atoms with E-state index in [1.165, 1.54) is 12.8 Å². The van der Waals surface area contributed by atoms with Crippen LogP contribution < -0.4 is 0 Å². The number of imidazole rings is 1. The lowest BCUT2D eigenvalue weighted by atomic mass is 9.79. The molecule has 2 aliphatic rings. The first kappa shape index (κ1) is 14.9. The number of hydrogen-bond donors (Lipinski definition) is 1. The number of aromatic nitrogens is 2. The molecule has 0 unspecified atom stereocenters. The Hall–Kier alpha value is -1.65. The second-order valence-corrected chi connectivity index (χ2v) is 7.05. The molecule has 2 aliphatic heterocycles. The summed E-state index contributed by atoms with van der Waals surface area (Å²) in [4.78, 5) is 7.03. The van der Waals surface area contributed by atoms with E-state index < -0.39 is 5.60 Å². The van der Waals surface area contributed by atoms with Gasteiger partial charge in [0.15, 0.2) is 0 Å². The van der Waals surface area contributed by atoms with Gasteiger partial charge in [0.1, 0.15) is 0 Å². The molecule has 1 N–H and O–H groups in total.